The van der Waals surface area contributed by atoms with E-state index in [2.05, 4.69) is 20.5 Å². The molecular weight excluding hydrogens is 416 g/mol. The number of carbonyl (C=O) groups is 2. The molecule has 0 atom stereocenters. The zero-order valence-corrected chi connectivity index (χ0v) is 18.0. The first-order valence-corrected chi connectivity index (χ1v) is 10.2. The number of Topliss-reactive ketones (excluding diaryl/α,β-unsaturated/α-hetero) is 1. The molecule has 0 bridgehead atoms. The van der Waals surface area contributed by atoms with Crippen molar-refractivity contribution in [2.24, 2.45) is 0 Å². The van der Waals surface area contributed by atoms with Gasteiger partial charge in [0.05, 0.1) is 17.6 Å². The second kappa shape index (κ2) is 8.52. The number of nitrogens with zero attached hydrogens (tertiary/aromatic N) is 5. The van der Waals surface area contributed by atoms with Crippen LogP contribution in [0.1, 0.15) is 32.0 Å². The lowest BCUT2D eigenvalue weighted by atomic mass is 10.1. The van der Waals surface area contributed by atoms with Gasteiger partial charge in [-0.05, 0) is 31.2 Å². The molecule has 0 unspecified atom stereocenters. The van der Waals surface area contributed by atoms with Gasteiger partial charge in [-0.2, -0.15) is 9.90 Å². The summed E-state index contributed by atoms with van der Waals surface area (Å²) in [5.74, 6) is 0.256. The number of rotatable bonds is 7. The predicted octanol–water partition coefficient (Wildman–Crippen LogP) is 3.56. The molecule has 0 fully saturated rings. The Morgan fingerprint density at radius 1 is 1.23 bits per heavy atom. The lowest BCUT2D eigenvalue weighted by molar-refractivity contribution is 0.101. The van der Waals surface area contributed by atoms with E-state index in [4.69, 9.17) is 4.42 Å². The van der Waals surface area contributed by atoms with E-state index in [1.807, 2.05) is 49.3 Å². The van der Waals surface area contributed by atoms with E-state index in [0.29, 0.717) is 23.0 Å². The van der Waals surface area contributed by atoms with Gasteiger partial charge >= 0.3 is 0 Å². The molecule has 3 aromatic heterocycles. The zero-order valence-electron chi connectivity index (χ0n) is 17.2. The minimum Gasteiger partial charge on any atom is -0.443 e. The third-order valence-corrected chi connectivity index (χ3v) is 5.66. The quantitative estimate of drug-likeness (QED) is 0.442. The topological polar surface area (TPSA) is 106 Å². The molecule has 3 heterocycles. The van der Waals surface area contributed by atoms with Gasteiger partial charge in [-0.1, -0.05) is 12.1 Å². The summed E-state index contributed by atoms with van der Waals surface area (Å²) < 4.78 is 5.49. The maximum Gasteiger partial charge on any atom is 0.279 e. The van der Waals surface area contributed by atoms with Gasteiger partial charge in [-0.3, -0.25) is 9.59 Å². The summed E-state index contributed by atoms with van der Waals surface area (Å²) in [6.45, 7) is 1.94. The molecular formula is C21H20N6O3S. The SMILES string of the molecule is CC(=O)c1ccc(Cn2ncc(NC(=O)c3ncoc3-c3cccc(N(C)C)c3)n2)s1. The smallest absolute Gasteiger partial charge is 0.279 e. The number of ketones is 1. The van der Waals surface area contributed by atoms with Crippen molar-refractivity contribution in [3.8, 4) is 11.3 Å². The molecule has 1 N–H and O–H groups in total. The average Bonchev–Trinajstić information content (AvgIpc) is 3.49. The highest BCUT2D eigenvalue weighted by Gasteiger charge is 2.20. The largest absolute Gasteiger partial charge is 0.443 e. The Bertz CT molecular complexity index is 1240. The summed E-state index contributed by atoms with van der Waals surface area (Å²) in [5.41, 5.74) is 1.89. The molecule has 1 amide bonds. The van der Waals surface area contributed by atoms with E-state index in [9.17, 15) is 9.59 Å². The van der Waals surface area contributed by atoms with E-state index in [-0.39, 0.29) is 11.5 Å². The van der Waals surface area contributed by atoms with Gasteiger partial charge in [0.1, 0.15) is 0 Å². The molecule has 0 saturated heterocycles. The Labute approximate surface area is 182 Å². The first-order valence-electron chi connectivity index (χ1n) is 9.43. The van der Waals surface area contributed by atoms with Crippen molar-refractivity contribution in [2.75, 3.05) is 24.3 Å². The second-order valence-corrected chi connectivity index (χ2v) is 8.18. The minimum atomic E-state index is -0.443. The van der Waals surface area contributed by atoms with Crippen molar-refractivity contribution in [3.05, 3.63) is 64.4 Å². The third-order valence-electron chi connectivity index (χ3n) is 4.49. The number of thiophene rings is 1. The summed E-state index contributed by atoms with van der Waals surface area (Å²) in [4.78, 5) is 33.3. The lowest BCUT2D eigenvalue weighted by Crippen LogP contribution is -2.14. The van der Waals surface area contributed by atoms with Crippen molar-refractivity contribution in [2.45, 2.75) is 13.5 Å². The Kier molecular flexibility index (Phi) is 5.63. The van der Waals surface area contributed by atoms with Crippen molar-refractivity contribution in [1.29, 1.82) is 0 Å². The number of amides is 1. The van der Waals surface area contributed by atoms with E-state index >= 15 is 0 Å². The fraction of sp³-hybridized carbons (Fsp3) is 0.190. The third kappa shape index (κ3) is 4.53. The standard InChI is InChI=1S/C21H20N6O3S/c1-13(28)17-8-7-16(31-17)11-27-23-10-18(25-27)24-21(29)19-20(30-12-22-19)14-5-4-6-15(9-14)26(2)3/h4-10,12H,11H2,1-3H3,(H,24,25,29). The van der Waals surface area contributed by atoms with Crippen LogP contribution in [0.4, 0.5) is 11.5 Å². The number of hydrogen-bond donors (Lipinski definition) is 1. The van der Waals surface area contributed by atoms with Crippen LogP contribution in [-0.2, 0) is 6.54 Å². The Hall–Kier alpha value is -3.79. The van der Waals surface area contributed by atoms with Crippen LogP contribution < -0.4 is 10.2 Å². The van der Waals surface area contributed by atoms with Crippen molar-refractivity contribution in [3.63, 3.8) is 0 Å². The molecule has 0 radical (unpaired) electrons. The Morgan fingerprint density at radius 2 is 2.06 bits per heavy atom. The second-order valence-electron chi connectivity index (χ2n) is 7.01. The van der Waals surface area contributed by atoms with Gasteiger partial charge in [0.25, 0.3) is 5.91 Å². The number of carbonyl (C=O) groups excluding carboxylic acids is 2. The van der Waals surface area contributed by atoms with E-state index in [1.165, 1.54) is 35.6 Å². The molecule has 4 rings (SSSR count). The predicted molar refractivity (Wildman–Crippen MR) is 118 cm³/mol. The monoisotopic (exact) mass is 436 g/mol. The number of hydrogen-bond acceptors (Lipinski definition) is 8. The van der Waals surface area contributed by atoms with E-state index in [0.717, 1.165) is 16.1 Å². The minimum absolute atomic E-state index is 0.0251. The number of anilines is 2. The van der Waals surface area contributed by atoms with Crippen LogP contribution >= 0.6 is 11.3 Å². The van der Waals surface area contributed by atoms with Crippen molar-refractivity contribution in [1.82, 2.24) is 20.0 Å². The van der Waals surface area contributed by atoms with E-state index < -0.39 is 5.91 Å². The maximum atomic E-state index is 12.8. The number of nitrogens with one attached hydrogen (secondary N) is 1. The highest BCUT2D eigenvalue weighted by Crippen LogP contribution is 2.27. The van der Waals surface area contributed by atoms with Gasteiger partial charge < -0.3 is 14.6 Å². The average molecular weight is 436 g/mol. The van der Waals surface area contributed by atoms with Crippen LogP contribution in [0.15, 0.2) is 53.4 Å². The summed E-state index contributed by atoms with van der Waals surface area (Å²) in [6, 6.07) is 11.3. The summed E-state index contributed by atoms with van der Waals surface area (Å²) >= 11 is 1.40. The van der Waals surface area contributed by atoms with Crippen LogP contribution in [0.2, 0.25) is 0 Å². The lowest BCUT2D eigenvalue weighted by Gasteiger charge is -2.13. The fourth-order valence-electron chi connectivity index (χ4n) is 2.94. The maximum absolute atomic E-state index is 12.8. The number of oxazole rings is 1. The Balaban J connectivity index is 1.48. The Morgan fingerprint density at radius 3 is 2.81 bits per heavy atom. The zero-order chi connectivity index (χ0) is 22.0. The molecule has 9 nitrogen and oxygen atoms in total. The van der Waals surface area contributed by atoms with Crippen molar-refractivity contribution < 1.29 is 14.0 Å². The molecule has 0 aliphatic rings. The fourth-order valence-corrected chi connectivity index (χ4v) is 3.81. The van der Waals surface area contributed by atoms with Crippen LogP contribution in [0.3, 0.4) is 0 Å². The van der Waals surface area contributed by atoms with Crippen LogP contribution in [0.5, 0.6) is 0 Å². The van der Waals surface area contributed by atoms with Crippen LogP contribution in [-0.4, -0.2) is 45.8 Å². The first-order chi connectivity index (χ1) is 14.9. The molecule has 0 aliphatic carbocycles. The van der Waals surface area contributed by atoms with Gasteiger partial charge in [0.2, 0.25) is 0 Å². The molecule has 31 heavy (non-hydrogen) atoms. The first kappa shape index (κ1) is 20.5. The molecule has 158 valence electrons. The molecule has 0 spiro atoms. The van der Waals surface area contributed by atoms with E-state index in [1.54, 1.807) is 6.07 Å². The summed E-state index contributed by atoms with van der Waals surface area (Å²) in [5, 5.41) is 11.2. The summed E-state index contributed by atoms with van der Waals surface area (Å²) in [7, 11) is 3.88. The molecule has 10 heteroatoms. The van der Waals surface area contributed by atoms with Gasteiger partial charge in [0.15, 0.2) is 29.4 Å². The molecule has 0 aliphatic heterocycles. The van der Waals surface area contributed by atoms with Crippen LogP contribution in [0.25, 0.3) is 11.3 Å². The van der Waals surface area contributed by atoms with Gasteiger partial charge in [0, 0.05) is 30.2 Å². The van der Waals surface area contributed by atoms with Gasteiger partial charge in [-0.25, -0.2) is 4.98 Å². The molecule has 4 aromatic rings. The van der Waals surface area contributed by atoms with Crippen molar-refractivity contribution >= 4 is 34.5 Å². The molecule has 1 aromatic carbocycles. The number of benzene rings is 1. The normalized spacial score (nSPS) is 10.8. The number of aromatic nitrogens is 4. The summed E-state index contributed by atoms with van der Waals surface area (Å²) in [6.07, 6.45) is 2.71. The highest BCUT2D eigenvalue weighted by atomic mass is 32.1. The molecule has 0 saturated carbocycles. The highest BCUT2D eigenvalue weighted by molar-refractivity contribution is 7.14. The van der Waals surface area contributed by atoms with Crippen LogP contribution in [0, 0.1) is 0 Å². The van der Waals surface area contributed by atoms with Gasteiger partial charge in [-0.15, -0.1) is 16.4 Å².